The Morgan fingerprint density at radius 2 is 1.96 bits per heavy atom. The van der Waals surface area contributed by atoms with Gasteiger partial charge in [-0.2, -0.15) is 10.2 Å². The molecule has 0 amide bonds. The van der Waals surface area contributed by atoms with Crippen molar-refractivity contribution in [2.75, 3.05) is 5.73 Å². The fourth-order valence-corrected chi connectivity index (χ4v) is 2.81. The number of nitrogens with two attached hydrogens (primary N) is 1. The Bertz CT molecular complexity index is 1070. The SMILES string of the molecule is CC(O)(c1cnn(-c2ccccc2F)c1)c1ccc2c(N)ncnn12. The average molecular weight is 338 g/mol. The van der Waals surface area contributed by atoms with Crippen LogP contribution < -0.4 is 5.73 Å². The number of nitrogens with zero attached hydrogens (tertiary/aromatic N) is 5. The zero-order valence-corrected chi connectivity index (χ0v) is 13.3. The molecule has 7 nitrogen and oxygen atoms in total. The van der Waals surface area contributed by atoms with Crippen molar-refractivity contribution in [3.05, 3.63) is 72.2 Å². The summed E-state index contributed by atoms with van der Waals surface area (Å²) in [5.41, 5.74) is 6.33. The smallest absolute Gasteiger partial charge is 0.151 e. The molecule has 0 aliphatic carbocycles. The van der Waals surface area contributed by atoms with Crippen molar-refractivity contribution in [2.45, 2.75) is 12.5 Å². The van der Waals surface area contributed by atoms with Gasteiger partial charge in [-0.25, -0.2) is 18.6 Å². The van der Waals surface area contributed by atoms with Gasteiger partial charge in [0.15, 0.2) is 5.82 Å². The molecule has 1 unspecified atom stereocenters. The first-order valence-corrected chi connectivity index (χ1v) is 7.59. The molecule has 1 atom stereocenters. The zero-order chi connectivity index (χ0) is 17.6. The second-order valence-corrected chi connectivity index (χ2v) is 5.86. The summed E-state index contributed by atoms with van der Waals surface area (Å²) >= 11 is 0. The van der Waals surface area contributed by atoms with E-state index in [4.69, 9.17) is 5.73 Å². The number of aromatic nitrogens is 5. The van der Waals surface area contributed by atoms with E-state index < -0.39 is 11.4 Å². The van der Waals surface area contributed by atoms with E-state index in [1.807, 2.05) is 0 Å². The number of fused-ring (bicyclic) bond motifs is 1. The summed E-state index contributed by atoms with van der Waals surface area (Å²) < 4.78 is 16.9. The van der Waals surface area contributed by atoms with Crippen molar-refractivity contribution < 1.29 is 9.50 Å². The van der Waals surface area contributed by atoms with Crippen LogP contribution in [-0.4, -0.2) is 29.5 Å². The van der Waals surface area contributed by atoms with Crippen molar-refractivity contribution in [1.29, 1.82) is 0 Å². The van der Waals surface area contributed by atoms with Crippen LogP contribution >= 0.6 is 0 Å². The summed E-state index contributed by atoms with van der Waals surface area (Å²) in [7, 11) is 0. The maximum absolute atomic E-state index is 13.9. The number of hydrogen-bond acceptors (Lipinski definition) is 5. The third-order valence-corrected chi connectivity index (χ3v) is 4.22. The van der Waals surface area contributed by atoms with Crippen LogP contribution in [0.2, 0.25) is 0 Å². The minimum atomic E-state index is -1.41. The van der Waals surface area contributed by atoms with Gasteiger partial charge >= 0.3 is 0 Å². The molecule has 3 aromatic heterocycles. The molecule has 0 spiro atoms. The van der Waals surface area contributed by atoms with Crippen molar-refractivity contribution in [3.63, 3.8) is 0 Å². The van der Waals surface area contributed by atoms with Crippen molar-refractivity contribution >= 4 is 11.3 Å². The van der Waals surface area contributed by atoms with Crippen LogP contribution in [0.25, 0.3) is 11.2 Å². The number of hydrogen-bond donors (Lipinski definition) is 2. The Balaban J connectivity index is 1.81. The number of anilines is 1. The van der Waals surface area contributed by atoms with Gasteiger partial charge < -0.3 is 10.8 Å². The minimum absolute atomic E-state index is 0.302. The van der Waals surface area contributed by atoms with Crippen LogP contribution in [0.5, 0.6) is 0 Å². The lowest BCUT2D eigenvalue weighted by atomic mass is 9.96. The summed E-state index contributed by atoms with van der Waals surface area (Å²) in [6.45, 7) is 1.62. The summed E-state index contributed by atoms with van der Waals surface area (Å²) in [5.74, 6) is -0.0791. The van der Waals surface area contributed by atoms with Crippen LogP contribution in [-0.2, 0) is 5.60 Å². The number of benzene rings is 1. The largest absolute Gasteiger partial charge is 0.382 e. The number of aliphatic hydroxyl groups is 1. The predicted octanol–water partition coefficient (Wildman–Crippen LogP) is 1.89. The first-order valence-electron chi connectivity index (χ1n) is 7.59. The summed E-state index contributed by atoms with van der Waals surface area (Å²) in [6.07, 6.45) is 4.41. The first-order chi connectivity index (χ1) is 12.0. The van der Waals surface area contributed by atoms with Gasteiger partial charge in [0.1, 0.15) is 28.9 Å². The molecular weight excluding hydrogens is 323 g/mol. The van der Waals surface area contributed by atoms with E-state index in [9.17, 15) is 9.50 Å². The van der Waals surface area contributed by atoms with E-state index in [0.717, 1.165) is 0 Å². The van der Waals surface area contributed by atoms with Crippen LogP contribution in [0.3, 0.4) is 0 Å². The molecule has 0 saturated carbocycles. The lowest BCUT2D eigenvalue weighted by molar-refractivity contribution is 0.0953. The molecule has 8 heteroatoms. The molecule has 0 aliphatic rings. The highest BCUT2D eigenvalue weighted by molar-refractivity contribution is 5.66. The van der Waals surface area contributed by atoms with E-state index in [2.05, 4.69) is 15.2 Å². The molecule has 3 heterocycles. The molecule has 0 aliphatic heterocycles. The van der Waals surface area contributed by atoms with Crippen LogP contribution in [0.4, 0.5) is 10.2 Å². The Morgan fingerprint density at radius 3 is 2.76 bits per heavy atom. The van der Waals surface area contributed by atoms with E-state index >= 15 is 0 Å². The molecule has 25 heavy (non-hydrogen) atoms. The van der Waals surface area contributed by atoms with Gasteiger partial charge in [0.2, 0.25) is 0 Å². The quantitative estimate of drug-likeness (QED) is 0.595. The predicted molar refractivity (Wildman–Crippen MR) is 89.6 cm³/mol. The van der Waals surface area contributed by atoms with Gasteiger partial charge in [-0.05, 0) is 31.2 Å². The molecular formula is C17H15FN6O. The van der Waals surface area contributed by atoms with Gasteiger partial charge in [0.25, 0.3) is 0 Å². The van der Waals surface area contributed by atoms with Gasteiger partial charge in [-0.1, -0.05) is 12.1 Å². The van der Waals surface area contributed by atoms with E-state index in [1.165, 1.54) is 27.8 Å². The Kier molecular flexibility index (Phi) is 3.29. The highest BCUT2D eigenvalue weighted by Crippen LogP contribution is 2.31. The average Bonchev–Trinajstić information content (AvgIpc) is 3.23. The summed E-state index contributed by atoms with van der Waals surface area (Å²) in [6, 6.07) is 9.76. The molecule has 3 N–H and O–H groups in total. The Labute approximate surface area is 142 Å². The topological polar surface area (TPSA) is 94.3 Å². The monoisotopic (exact) mass is 338 g/mol. The Hall–Kier alpha value is -3.26. The molecule has 126 valence electrons. The van der Waals surface area contributed by atoms with E-state index in [-0.39, 0.29) is 0 Å². The van der Waals surface area contributed by atoms with Crippen molar-refractivity contribution in [2.24, 2.45) is 0 Å². The van der Waals surface area contributed by atoms with Crippen molar-refractivity contribution in [1.82, 2.24) is 24.4 Å². The van der Waals surface area contributed by atoms with E-state index in [1.54, 1.807) is 43.5 Å². The van der Waals surface area contributed by atoms with Gasteiger partial charge in [0, 0.05) is 11.8 Å². The molecule has 0 radical (unpaired) electrons. The second-order valence-electron chi connectivity index (χ2n) is 5.86. The number of para-hydroxylation sites is 1. The summed E-state index contributed by atoms with van der Waals surface area (Å²) in [4.78, 5) is 3.94. The maximum atomic E-state index is 13.9. The molecule has 0 fully saturated rings. The first kappa shape index (κ1) is 15.3. The van der Waals surface area contributed by atoms with Crippen LogP contribution in [0.1, 0.15) is 18.2 Å². The fraction of sp³-hybridized carbons (Fsp3) is 0.118. The number of halogens is 1. The molecule has 0 saturated heterocycles. The Morgan fingerprint density at radius 1 is 1.16 bits per heavy atom. The third kappa shape index (κ3) is 2.34. The highest BCUT2D eigenvalue weighted by Gasteiger charge is 2.31. The number of rotatable bonds is 3. The molecule has 1 aromatic carbocycles. The lowest BCUT2D eigenvalue weighted by Crippen LogP contribution is -2.25. The maximum Gasteiger partial charge on any atom is 0.151 e. The lowest BCUT2D eigenvalue weighted by Gasteiger charge is -2.21. The minimum Gasteiger partial charge on any atom is -0.382 e. The van der Waals surface area contributed by atoms with E-state index in [0.29, 0.717) is 28.3 Å². The second kappa shape index (κ2) is 5.38. The fourth-order valence-electron chi connectivity index (χ4n) is 2.81. The third-order valence-electron chi connectivity index (χ3n) is 4.22. The summed E-state index contributed by atoms with van der Waals surface area (Å²) in [5, 5.41) is 19.4. The van der Waals surface area contributed by atoms with Gasteiger partial charge in [0.05, 0.1) is 11.9 Å². The zero-order valence-electron chi connectivity index (χ0n) is 13.3. The standard InChI is InChI=1S/C17H15FN6O/c1-17(25,15-7-6-14-16(19)20-10-22-24(14)15)11-8-21-23(9-11)13-5-3-2-4-12(13)18/h2-10,25H,1H3,(H2,19,20,22). The van der Waals surface area contributed by atoms with Crippen LogP contribution in [0, 0.1) is 5.82 Å². The number of nitrogen functional groups attached to an aromatic ring is 1. The highest BCUT2D eigenvalue weighted by atomic mass is 19.1. The molecule has 4 rings (SSSR count). The molecule has 0 bridgehead atoms. The normalized spacial score (nSPS) is 13.9. The van der Waals surface area contributed by atoms with Gasteiger partial charge in [-0.3, -0.25) is 0 Å². The molecule has 4 aromatic rings. The van der Waals surface area contributed by atoms with Crippen LogP contribution in [0.15, 0.2) is 55.1 Å². The van der Waals surface area contributed by atoms with Crippen molar-refractivity contribution in [3.8, 4) is 5.69 Å². The van der Waals surface area contributed by atoms with Gasteiger partial charge in [-0.15, -0.1) is 0 Å².